The molecule has 3 rings (SSSR count). The molecule has 1 aliphatic rings. The number of para-hydroxylation sites is 1. The SMILES string of the molecule is C[C@@H]1CCN(C(=O)CN[C@@H](C)c2ccccc2Cl)c2ccccc2S1. The van der Waals surface area contributed by atoms with E-state index in [1.165, 1.54) is 4.90 Å². The third-order valence-electron chi connectivity index (χ3n) is 4.48. The molecular weight excluding hydrogens is 352 g/mol. The Labute approximate surface area is 158 Å². The van der Waals surface area contributed by atoms with Gasteiger partial charge in [-0.15, -0.1) is 11.8 Å². The molecule has 0 saturated carbocycles. The normalized spacial score (nSPS) is 18.4. The molecule has 0 saturated heterocycles. The van der Waals surface area contributed by atoms with Crippen LogP contribution in [0.5, 0.6) is 0 Å². The van der Waals surface area contributed by atoms with Crippen LogP contribution in [0.3, 0.4) is 0 Å². The molecule has 1 N–H and O–H groups in total. The van der Waals surface area contributed by atoms with Crippen molar-refractivity contribution in [2.24, 2.45) is 0 Å². The second-order valence-corrected chi connectivity index (χ2v) is 8.24. The second-order valence-electron chi connectivity index (χ2n) is 6.35. The molecular formula is C20H23ClN2OS. The van der Waals surface area contributed by atoms with E-state index in [9.17, 15) is 4.79 Å². The summed E-state index contributed by atoms with van der Waals surface area (Å²) in [6.45, 7) is 5.29. The highest BCUT2D eigenvalue weighted by Gasteiger charge is 2.24. The van der Waals surface area contributed by atoms with Crippen molar-refractivity contribution < 1.29 is 4.79 Å². The highest BCUT2D eigenvalue weighted by atomic mass is 35.5. The van der Waals surface area contributed by atoms with Crippen LogP contribution in [-0.2, 0) is 4.79 Å². The number of amides is 1. The molecule has 0 aliphatic carbocycles. The maximum atomic E-state index is 12.9. The number of rotatable bonds is 4. The van der Waals surface area contributed by atoms with Gasteiger partial charge >= 0.3 is 0 Å². The third kappa shape index (κ3) is 4.38. The zero-order valence-corrected chi connectivity index (χ0v) is 16.1. The van der Waals surface area contributed by atoms with Gasteiger partial charge in [-0.3, -0.25) is 4.79 Å². The molecule has 0 aromatic heterocycles. The molecule has 3 nitrogen and oxygen atoms in total. The monoisotopic (exact) mass is 374 g/mol. The van der Waals surface area contributed by atoms with E-state index in [0.29, 0.717) is 11.8 Å². The summed E-state index contributed by atoms with van der Waals surface area (Å²) in [5, 5.41) is 4.55. The average Bonchev–Trinajstić information content (AvgIpc) is 2.78. The van der Waals surface area contributed by atoms with Gasteiger partial charge in [0.25, 0.3) is 0 Å². The van der Waals surface area contributed by atoms with E-state index in [4.69, 9.17) is 11.6 Å². The van der Waals surface area contributed by atoms with Crippen molar-refractivity contribution in [3.8, 4) is 0 Å². The Balaban J connectivity index is 1.70. The Hall–Kier alpha value is -1.49. The Bertz CT molecular complexity index is 752. The van der Waals surface area contributed by atoms with Crippen LogP contribution in [0.2, 0.25) is 5.02 Å². The minimum Gasteiger partial charge on any atom is -0.310 e. The van der Waals surface area contributed by atoms with Gasteiger partial charge in [-0.2, -0.15) is 0 Å². The number of nitrogens with zero attached hydrogens (tertiary/aromatic N) is 1. The molecule has 0 bridgehead atoms. The van der Waals surface area contributed by atoms with E-state index in [2.05, 4.69) is 18.3 Å². The van der Waals surface area contributed by atoms with Crippen LogP contribution in [-0.4, -0.2) is 24.2 Å². The maximum Gasteiger partial charge on any atom is 0.240 e. The highest BCUT2D eigenvalue weighted by Crippen LogP contribution is 2.37. The van der Waals surface area contributed by atoms with E-state index in [0.717, 1.165) is 29.2 Å². The molecule has 5 heteroatoms. The molecule has 0 spiro atoms. The predicted molar refractivity (Wildman–Crippen MR) is 107 cm³/mol. The second kappa shape index (κ2) is 8.26. The van der Waals surface area contributed by atoms with Crippen molar-refractivity contribution in [1.82, 2.24) is 5.32 Å². The summed E-state index contributed by atoms with van der Waals surface area (Å²) in [5.41, 5.74) is 2.03. The Kier molecular flexibility index (Phi) is 6.05. The first-order valence-corrected chi connectivity index (χ1v) is 9.86. The highest BCUT2D eigenvalue weighted by molar-refractivity contribution is 8.00. The summed E-state index contributed by atoms with van der Waals surface area (Å²) < 4.78 is 0. The summed E-state index contributed by atoms with van der Waals surface area (Å²) in [4.78, 5) is 16.0. The summed E-state index contributed by atoms with van der Waals surface area (Å²) >= 11 is 8.09. The largest absolute Gasteiger partial charge is 0.310 e. The van der Waals surface area contributed by atoms with Crippen molar-refractivity contribution in [3.05, 3.63) is 59.1 Å². The van der Waals surface area contributed by atoms with Crippen molar-refractivity contribution >= 4 is 35.0 Å². The first-order chi connectivity index (χ1) is 12.1. The predicted octanol–water partition coefficient (Wildman–Crippen LogP) is 4.91. The van der Waals surface area contributed by atoms with Crippen LogP contribution in [0.1, 0.15) is 31.9 Å². The lowest BCUT2D eigenvalue weighted by molar-refractivity contribution is -0.117. The number of carbonyl (C=O) groups excluding carboxylic acids is 1. The molecule has 1 heterocycles. The fraction of sp³-hybridized carbons (Fsp3) is 0.350. The molecule has 2 aromatic carbocycles. The lowest BCUT2D eigenvalue weighted by Crippen LogP contribution is -2.39. The lowest BCUT2D eigenvalue weighted by Gasteiger charge is -2.24. The summed E-state index contributed by atoms with van der Waals surface area (Å²) in [6, 6.07) is 15.9. The Morgan fingerprint density at radius 2 is 2.00 bits per heavy atom. The number of anilines is 1. The first kappa shape index (κ1) is 18.3. The van der Waals surface area contributed by atoms with Crippen LogP contribution in [0.4, 0.5) is 5.69 Å². The lowest BCUT2D eigenvalue weighted by atomic mass is 10.1. The van der Waals surface area contributed by atoms with Gasteiger partial charge in [0.15, 0.2) is 0 Å². The van der Waals surface area contributed by atoms with Crippen molar-refractivity contribution in [2.45, 2.75) is 36.5 Å². The molecule has 1 amide bonds. The number of nitrogens with one attached hydrogen (secondary N) is 1. The Morgan fingerprint density at radius 3 is 2.80 bits per heavy atom. The van der Waals surface area contributed by atoms with Crippen LogP contribution >= 0.6 is 23.4 Å². The number of hydrogen-bond donors (Lipinski definition) is 1. The number of fused-ring (bicyclic) bond motifs is 1. The van der Waals surface area contributed by atoms with Crippen LogP contribution < -0.4 is 10.2 Å². The molecule has 25 heavy (non-hydrogen) atoms. The third-order valence-corrected chi connectivity index (χ3v) is 6.06. The molecule has 0 fully saturated rings. The van der Waals surface area contributed by atoms with Gasteiger partial charge in [0.1, 0.15) is 0 Å². The van der Waals surface area contributed by atoms with Gasteiger partial charge < -0.3 is 10.2 Å². The summed E-state index contributed by atoms with van der Waals surface area (Å²) in [5.74, 6) is 0.0982. The van der Waals surface area contributed by atoms with Crippen molar-refractivity contribution in [2.75, 3.05) is 18.0 Å². The van der Waals surface area contributed by atoms with Crippen LogP contribution in [0.25, 0.3) is 0 Å². The van der Waals surface area contributed by atoms with Crippen LogP contribution in [0.15, 0.2) is 53.4 Å². The zero-order valence-electron chi connectivity index (χ0n) is 14.5. The van der Waals surface area contributed by atoms with Crippen molar-refractivity contribution in [3.63, 3.8) is 0 Å². The van der Waals surface area contributed by atoms with Gasteiger partial charge in [-0.05, 0) is 37.1 Å². The van der Waals surface area contributed by atoms with E-state index in [-0.39, 0.29) is 11.9 Å². The first-order valence-electron chi connectivity index (χ1n) is 8.60. The van der Waals surface area contributed by atoms with E-state index in [1.807, 2.05) is 66.1 Å². The summed E-state index contributed by atoms with van der Waals surface area (Å²) in [6.07, 6.45) is 0.991. The standard InChI is InChI=1S/C20H23ClN2OS/c1-14-11-12-23(18-9-5-6-10-19(18)25-14)20(24)13-22-15(2)16-7-3-4-8-17(16)21/h3-10,14-15,22H,11-13H2,1-2H3/t14-,15+/m1/s1. The number of thioether (sulfide) groups is 1. The smallest absolute Gasteiger partial charge is 0.240 e. The number of halogens is 1. The average molecular weight is 375 g/mol. The number of benzene rings is 2. The zero-order chi connectivity index (χ0) is 17.8. The quantitative estimate of drug-likeness (QED) is 0.825. The van der Waals surface area contributed by atoms with Gasteiger partial charge in [0, 0.05) is 27.8 Å². The Morgan fingerprint density at radius 1 is 1.28 bits per heavy atom. The molecule has 0 radical (unpaired) electrons. The molecule has 1 aliphatic heterocycles. The van der Waals surface area contributed by atoms with E-state index >= 15 is 0 Å². The van der Waals surface area contributed by atoms with Gasteiger partial charge in [0.05, 0.1) is 12.2 Å². The minimum atomic E-state index is 0.0215. The maximum absolute atomic E-state index is 12.9. The molecule has 0 unspecified atom stereocenters. The fourth-order valence-electron chi connectivity index (χ4n) is 3.02. The number of carbonyl (C=O) groups is 1. The van der Waals surface area contributed by atoms with Gasteiger partial charge in [-0.1, -0.05) is 48.9 Å². The molecule has 2 aromatic rings. The van der Waals surface area contributed by atoms with Gasteiger partial charge in [-0.25, -0.2) is 0 Å². The fourth-order valence-corrected chi connectivity index (χ4v) is 4.43. The van der Waals surface area contributed by atoms with Crippen LogP contribution in [0, 0.1) is 0 Å². The van der Waals surface area contributed by atoms with E-state index < -0.39 is 0 Å². The van der Waals surface area contributed by atoms with Crippen molar-refractivity contribution in [1.29, 1.82) is 0 Å². The topological polar surface area (TPSA) is 32.3 Å². The molecule has 2 atom stereocenters. The van der Waals surface area contributed by atoms with E-state index in [1.54, 1.807) is 0 Å². The number of hydrogen-bond acceptors (Lipinski definition) is 3. The minimum absolute atomic E-state index is 0.0215. The molecule has 132 valence electrons. The summed E-state index contributed by atoms with van der Waals surface area (Å²) in [7, 11) is 0. The van der Waals surface area contributed by atoms with Gasteiger partial charge in [0.2, 0.25) is 5.91 Å².